The molecule has 2 aliphatic carbocycles. The number of carbonyl (C=O) groups is 2. The van der Waals surface area contributed by atoms with E-state index < -0.39 is 11.3 Å². The zero-order valence-electron chi connectivity index (χ0n) is 16.0. The third-order valence-electron chi connectivity index (χ3n) is 6.60. The number of aryl methyl sites for hydroxylation is 2. The van der Waals surface area contributed by atoms with E-state index in [-0.39, 0.29) is 17.1 Å². The molecule has 2 aromatic rings. The Morgan fingerprint density at radius 1 is 1.23 bits per heavy atom. The Labute approximate surface area is 152 Å². The van der Waals surface area contributed by atoms with E-state index in [1.807, 2.05) is 32.6 Å². The van der Waals surface area contributed by atoms with Gasteiger partial charge in [0, 0.05) is 30.5 Å². The summed E-state index contributed by atoms with van der Waals surface area (Å²) in [5.41, 5.74) is 2.27. The number of aromatic nitrogens is 5. The van der Waals surface area contributed by atoms with Crippen LogP contribution in [0.4, 0.5) is 0 Å². The molecule has 2 heterocycles. The van der Waals surface area contributed by atoms with Crippen molar-refractivity contribution in [3.05, 3.63) is 17.6 Å². The van der Waals surface area contributed by atoms with Crippen LogP contribution in [-0.2, 0) is 35.5 Å². The molecule has 0 amide bonds. The van der Waals surface area contributed by atoms with E-state index in [0.717, 1.165) is 36.1 Å². The van der Waals surface area contributed by atoms with E-state index in [0.29, 0.717) is 12.2 Å². The van der Waals surface area contributed by atoms with Gasteiger partial charge in [0.1, 0.15) is 24.1 Å². The summed E-state index contributed by atoms with van der Waals surface area (Å²) < 4.78 is 3.54. The summed E-state index contributed by atoms with van der Waals surface area (Å²) in [4.78, 5) is 28.8. The van der Waals surface area contributed by atoms with Gasteiger partial charge in [0.2, 0.25) is 0 Å². The summed E-state index contributed by atoms with van der Waals surface area (Å²) in [6.07, 6.45) is 4.79. The third kappa shape index (κ3) is 2.09. The Morgan fingerprint density at radius 2 is 1.96 bits per heavy atom. The second kappa shape index (κ2) is 5.34. The van der Waals surface area contributed by atoms with E-state index in [1.165, 1.54) is 0 Å². The van der Waals surface area contributed by atoms with Crippen molar-refractivity contribution in [3.63, 3.8) is 0 Å². The summed E-state index contributed by atoms with van der Waals surface area (Å²) in [5.74, 6) is 0.353. The van der Waals surface area contributed by atoms with Gasteiger partial charge in [-0.2, -0.15) is 5.10 Å². The summed E-state index contributed by atoms with van der Waals surface area (Å²) in [7, 11) is 3.76. The van der Waals surface area contributed by atoms with Crippen molar-refractivity contribution in [2.75, 3.05) is 0 Å². The lowest BCUT2D eigenvalue weighted by molar-refractivity contribution is -0.145. The van der Waals surface area contributed by atoms with Gasteiger partial charge in [-0.25, -0.2) is 4.98 Å². The van der Waals surface area contributed by atoms with Crippen LogP contribution in [-0.4, -0.2) is 36.6 Å². The van der Waals surface area contributed by atoms with Gasteiger partial charge < -0.3 is 4.79 Å². The molecule has 7 heteroatoms. The molecular weight excluding hydrogens is 330 g/mol. The summed E-state index contributed by atoms with van der Waals surface area (Å²) in [6.45, 7) is 6.15. The Hall–Kier alpha value is -2.31. The number of hydrogen-bond donors (Lipinski definition) is 0. The maximum atomic E-state index is 12.8. The minimum atomic E-state index is -0.560. The average Bonchev–Trinajstić information content (AvgIpc) is 3.14. The molecule has 0 radical (unpaired) electrons. The summed E-state index contributed by atoms with van der Waals surface area (Å²) in [5, 5.41) is 9.31. The van der Waals surface area contributed by atoms with Crippen molar-refractivity contribution in [2.45, 2.75) is 45.4 Å². The molecule has 1 saturated carbocycles. The van der Waals surface area contributed by atoms with Gasteiger partial charge in [-0.15, -0.1) is 5.10 Å². The molecule has 0 spiro atoms. The van der Waals surface area contributed by atoms with Gasteiger partial charge in [-0.05, 0) is 25.2 Å². The van der Waals surface area contributed by atoms with E-state index in [9.17, 15) is 9.59 Å². The quantitative estimate of drug-likeness (QED) is 0.606. The predicted molar refractivity (Wildman–Crippen MR) is 95.3 cm³/mol. The monoisotopic (exact) mass is 355 g/mol. The van der Waals surface area contributed by atoms with Crippen LogP contribution in [0.15, 0.2) is 6.33 Å². The van der Waals surface area contributed by atoms with Crippen molar-refractivity contribution >= 4 is 12.1 Å². The van der Waals surface area contributed by atoms with E-state index in [1.54, 1.807) is 11.0 Å². The molecule has 7 nitrogen and oxygen atoms in total. The van der Waals surface area contributed by atoms with E-state index >= 15 is 0 Å². The fourth-order valence-electron chi connectivity index (χ4n) is 5.47. The fraction of sp³-hybridized carbons (Fsp3) is 0.632. The minimum absolute atomic E-state index is 0.0703. The van der Waals surface area contributed by atoms with Crippen molar-refractivity contribution < 1.29 is 9.59 Å². The molecule has 2 aromatic heterocycles. The number of aldehydes is 1. The molecule has 0 aliphatic heterocycles. The standard InChI is InChI=1S/C19H25N5O2/c1-18(2)13-7-6-12-14(17-20-10-23(4)22-17)24(5)21-15(12)19(13,3)8-11(9-25)16(18)26/h9-11,13H,6-8H2,1-5H3/t11?,13-,19-/m0/s1. The Balaban J connectivity index is 1.89. The van der Waals surface area contributed by atoms with Crippen LogP contribution in [0.1, 0.15) is 44.9 Å². The Bertz CT molecular complexity index is 909. The molecule has 2 aliphatic rings. The van der Waals surface area contributed by atoms with Crippen LogP contribution in [0.25, 0.3) is 11.5 Å². The first-order chi connectivity index (χ1) is 12.2. The van der Waals surface area contributed by atoms with Crippen LogP contribution in [0.3, 0.4) is 0 Å². The molecule has 0 saturated heterocycles. The largest absolute Gasteiger partial charge is 0.303 e. The lowest BCUT2D eigenvalue weighted by Gasteiger charge is -2.53. The zero-order chi connectivity index (χ0) is 18.9. The van der Waals surface area contributed by atoms with Gasteiger partial charge in [-0.1, -0.05) is 20.8 Å². The molecular formula is C19H25N5O2. The van der Waals surface area contributed by atoms with Gasteiger partial charge in [0.05, 0.1) is 11.6 Å². The number of hydrogen-bond acceptors (Lipinski definition) is 5. The van der Waals surface area contributed by atoms with Crippen LogP contribution < -0.4 is 0 Å². The number of ketones is 1. The van der Waals surface area contributed by atoms with Gasteiger partial charge >= 0.3 is 0 Å². The lowest BCUT2D eigenvalue weighted by atomic mass is 9.49. The predicted octanol–water partition coefficient (Wildman–Crippen LogP) is 1.85. The molecule has 4 rings (SSSR count). The molecule has 0 aromatic carbocycles. The third-order valence-corrected chi connectivity index (χ3v) is 6.60. The normalized spacial score (nSPS) is 30.0. The fourth-order valence-corrected chi connectivity index (χ4v) is 5.47. The molecule has 0 bridgehead atoms. The van der Waals surface area contributed by atoms with Crippen LogP contribution in [0, 0.1) is 17.3 Å². The SMILES string of the molecule is Cn1cnc(-c2c3c(nn2C)[C@@]2(C)CC(C=O)C(=O)C(C)(C)[C@@H]2CC3)n1. The van der Waals surface area contributed by atoms with Gasteiger partial charge in [-0.3, -0.25) is 14.2 Å². The molecule has 0 N–H and O–H groups in total. The molecule has 1 unspecified atom stereocenters. The smallest absolute Gasteiger partial charge is 0.199 e. The topological polar surface area (TPSA) is 82.7 Å². The number of nitrogens with zero attached hydrogens (tertiary/aromatic N) is 5. The first-order valence-electron chi connectivity index (χ1n) is 9.12. The highest BCUT2D eigenvalue weighted by atomic mass is 16.1. The van der Waals surface area contributed by atoms with E-state index in [4.69, 9.17) is 5.10 Å². The summed E-state index contributed by atoms with van der Waals surface area (Å²) in [6, 6.07) is 0. The zero-order valence-corrected chi connectivity index (χ0v) is 16.0. The molecule has 3 atom stereocenters. The average molecular weight is 355 g/mol. The Morgan fingerprint density at radius 3 is 2.58 bits per heavy atom. The second-order valence-corrected chi connectivity index (χ2v) is 8.58. The highest BCUT2D eigenvalue weighted by molar-refractivity contribution is 5.98. The lowest BCUT2D eigenvalue weighted by Crippen LogP contribution is -2.56. The maximum absolute atomic E-state index is 12.8. The van der Waals surface area contributed by atoms with Crippen LogP contribution >= 0.6 is 0 Å². The first-order valence-corrected chi connectivity index (χ1v) is 9.12. The van der Waals surface area contributed by atoms with Crippen molar-refractivity contribution in [2.24, 2.45) is 31.3 Å². The Kier molecular flexibility index (Phi) is 3.52. The number of Topliss-reactive ketones (excluding diaryl/α,β-unsaturated/α-hetero) is 1. The number of rotatable bonds is 2. The molecule has 26 heavy (non-hydrogen) atoms. The molecule has 138 valence electrons. The van der Waals surface area contributed by atoms with Gasteiger partial charge in [0.25, 0.3) is 0 Å². The number of carbonyl (C=O) groups excluding carboxylic acids is 2. The number of fused-ring (bicyclic) bond motifs is 3. The van der Waals surface area contributed by atoms with Crippen LogP contribution in [0.2, 0.25) is 0 Å². The van der Waals surface area contributed by atoms with E-state index in [2.05, 4.69) is 17.0 Å². The summed E-state index contributed by atoms with van der Waals surface area (Å²) >= 11 is 0. The highest BCUT2D eigenvalue weighted by Crippen LogP contribution is 2.57. The minimum Gasteiger partial charge on any atom is -0.303 e. The molecule has 1 fully saturated rings. The second-order valence-electron chi connectivity index (χ2n) is 8.58. The maximum Gasteiger partial charge on any atom is 0.199 e. The van der Waals surface area contributed by atoms with Crippen molar-refractivity contribution in [3.8, 4) is 11.5 Å². The van der Waals surface area contributed by atoms with Crippen LogP contribution in [0.5, 0.6) is 0 Å². The van der Waals surface area contributed by atoms with Gasteiger partial charge in [0.15, 0.2) is 5.82 Å². The van der Waals surface area contributed by atoms with Crippen molar-refractivity contribution in [1.29, 1.82) is 0 Å². The highest BCUT2D eigenvalue weighted by Gasteiger charge is 2.58. The first kappa shape index (κ1) is 17.1. The van der Waals surface area contributed by atoms with Crippen molar-refractivity contribution in [1.82, 2.24) is 24.5 Å².